The Kier molecular flexibility index (Phi) is 5.56. The van der Waals surface area contributed by atoms with Gasteiger partial charge in [0, 0.05) is 5.56 Å². The van der Waals surface area contributed by atoms with Crippen LogP contribution in [0.15, 0.2) is 54.6 Å². The highest BCUT2D eigenvalue weighted by atomic mass is 16.2. The van der Waals surface area contributed by atoms with E-state index >= 15 is 0 Å². The molecule has 0 atom stereocenters. The molecule has 0 heterocycles. The summed E-state index contributed by atoms with van der Waals surface area (Å²) in [5.41, 5.74) is 2.95. The highest BCUT2D eigenvalue weighted by Crippen LogP contribution is 2.40. The molecule has 0 bridgehead atoms. The van der Waals surface area contributed by atoms with E-state index in [1.807, 2.05) is 30.3 Å². The van der Waals surface area contributed by atoms with E-state index in [1.165, 1.54) is 12.0 Å². The maximum Gasteiger partial charge on any atom is 0.231 e. The maximum absolute atomic E-state index is 13.1. The van der Waals surface area contributed by atoms with Gasteiger partial charge in [-0.25, -0.2) is 0 Å². The van der Waals surface area contributed by atoms with Crippen molar-refractivity contribution in [2.75, 3.05) is 6.54 Å². The Balaban J connectivity index is 1.73. The van der Waals surface area contributed by atoms with Crippen LogP contribution in [0.25, 0.3) is 0 Å². The van der Waals surface area contributed by atoms with Crippen molar-refractivity contribution in [1.82, 2.24) is 5.32 Å². The lowest BCUT2D eigenvalue weighted by Crippen LogP contribution is -2.46. The molecule has 1 N–H and O–H groups in total. The number of benzene rings is 2. The summed E-state index contributed by atoms with van der Waals surface area (Å²) < 4.78 is 0. The second-order valence-electron chi connectivity index (χ2n) is 6.86. The zero-order valence-electron chi connectivity index (χ0n) is 14.8. The predicted octanol–water partition coefficient (Wildman–Crippen LogP) is 4.36. The normalized spacial score (nSPS) is 15.7. The fraction of sp³-hybridized carbons (Fsp3) is 0.348. The second kappa shape index (κ2) is 8.03. The van der Waals surface area contributed by atoms with Gasteiger partial charge in [-0.05, 0) is 37.5 Å². The zero-order chi connectivity index (χ0) is 17.5. The van der Waals surface area contributed by atoms with Crippen molar-refractivity contribution in [3.63, 3.8) is 0 Å². The molecule has 0 radical (unpaired) electrons. The van der Waals surface area contributed by atoms with Gasteiger partial charge in [-0.3, -0.25) is 4.79 Å². The van der Waals surface area contributed by atoms with Crippen LogP contribution in [0.2, 0.25) is 0 Å². The molecule has 0 spiro atoms. The molecule has 2 nitrogen and oxygen atoms in total. The third-order valence-electron chi connectivity index (χ3n) is 5.06. The van der Waals surface area contributed by atoms with Crippen LogP contribution >= 0.6 is 0 Å². The van der Waals surface area contributed by atoms with Crippen molar-refractivity contribution in [3.05, 3.63) is 71.3 Å². The fourth-order valence-electron chi connectivity index (χ4n) is 3.71. The van der Waals surface area contributed by atoms with Crippen LogP contribution in [-0.4, -0.2) is 12.5 Å². The monoisotopic (exact) mass is 331 g/mol. The van der Waals surface area contributed by atoms with Gasteiger partial charge < -0.3 is 5.32 Å². The van der Waals surface area contributed by atoms with E-state index in [1.54, 1.807) is 0 Å². The lowest BCUT2D eigenvalue weighted by Gasteiger charge is -2.36. The van der Waals surface area contributed by atoms with Crippen molar-refractivity contribution in [3.8, 4) is 11.8 Å². The number of carbonyl (C=O) groups excluding carboxylic acids is 1. The first-order valence-electron chi connectivity index (χ1n) is 9.10. The van der Waals surface area contributed by atoms with E-state index in [2.05, 4.69) is 48.3 Å². The number of aryl methyl sites for hydroxylation is 1. The number of rotatable bonds is 3. The minimum atomic E-state index is -0.390. The largest absolute Gasteiger partial charge is 0.344 e. The highest BCUT2D eigenvalue weighted by Gasteiger charge is 2.40. The average molecular weight is 331 g/mol. The van der Waals surface area contributed by atoms with Gasteiger partial charge in [0.05, 0.1) is 12.0 Å². The van der Waals surface area contributed by atoms with Crippen molar-refractivity contribution in [2.24, 2.45) is 0 Å². The smallest absolute Gasteiger partial charge is 0.231 e. The molecule has 2 aromatic rings. The number of hydrogen-bond acceptors (Lipinski definition) is 1. The Morgan fingerprint density at radius 1 is 1.04 bits per heavy atom. The number of hydrogen-bond donors (Lipinski definition) is 1. The Hall–Kier alpha value is -2.53. The second-order valence-corrected chi connectivity index (χ2v) is 6.86. The summed E-state index contributed by atoms with van der Waals surface area (Å²) in [7, 11) is 0. The van der Waals surface area contributed by atoms with Gasteiger partial charge in [-0.1, -0.05) is 79.1 Å². The maximum atomic E-state index is 13.1. The summed E-state index contributed by atoms with van der Waals surface area (Å²) >= 11 is 0. The molecule has 1 amide bonds. The Labute approximate surface area is 150 Å². The van der Waals surface area contributed by atoms with Crippen LogP contribution in [0, 0.1) is 18.8 Å². The minimum absolute atomic E-state index is 0.125. The van der Waals surface area contributed by atoms with Crippen LogP contribution in [-0.2, 0) is 10.2 Å². The molecule has 1 aliphatic rings. The van der Waals surface area contributed by atoms with E-state index in [4.69, 9.17) is 0 Å². The molecule has 0 saturated heterocycles. The SMILES string of the molecule is Cc1cccc(C2(C(=O)NCC#Cc3ccccc3)CCCCC2)c1. The van der Waals surface area contributed by atoms with Crippen LogP contribution in [0.4, 0.5) is 0 Å². The van der Waals surface area contributed by atoms with Crippen LogP contribution in [0.1, 0.15) is 48.8 Å². The first kappa shape index (κ1) is 17.3. The molecular formula is C23H25NO. The van der Waals surface area contributed by atoms with Gasteiger partial charge in [0.2, 0.25) is 5.91 Å². The molecule has 1 saturated carbocycles. The third kappa shape index (κ3) is 4.12. The van der Waals surface area contributed by atoms with E-state index < -0.39 is 5.41 Å². The molecule has 1 aliphatic carbocycles. The standard InChI is InChI=1S/C23H25NO/c1-19-10-8-14-21(18-19)23(15-6-3-7-16-23)22(25)24-17-9-13-20-11-4-2-5-12-20/h2,4-5,8,10-12,14,18H,3,6-7,15-17H2,1H3,(H,24,25). The van der Waals surface area contributed by atoms with E-state index in [0.29, 0.717) is 6.54 Å². The molecular weight excluding hydrogens is 306 g/mol. The average Bonchev–Trinajstić information content (AvgIpc) is 2.66. The van der Waals surface area contributed by atoms with Crippen molar-refractivity contribution in [1.29, 1.82) is 0 Å². The zero-order valence-corrected chi connectivity index (χ0v) is 14.8. The summed E-state index contributed by atoms with van der Waals surface area (Å²) in [5.74, 6) is 6.29. The summed E-state index contributed by atoms with van der Waals surface area (Å²) in [5, 5.41) is 3.07. The van der Waals surface area contributed by atoms with Gasteiger partial charge in [-0.15, -0.1) is 0 Å². The molecule has 2 aromatic carbocycles. The molecule has 3 rings (SSSR count). The molecule has 0 aliphatic heterocycles. The van der Waals surface area contributed by atoms with Gasteiger partial charge >= 0.3 is 0 Å². The summed E-state index contributed by atoms with van der Waals surface area (Å²) in [4.78, 5) is 13.1. The molecule has 128 valence electrons. The highest BCUT2D eigenvalue weighted by molar-refractivity contribution is 5.88. The summed E-state index contributed by atoms with van der Waals surface area (Å²) in [6.45, 7) is 2.48. The Morgan fingerprint density at radius 3 is 2.52 bits per heavy atom. The lowest BCUT2D eigenvalue weighted by atomic mass is 9.68. The molecule has 0 aromatic heterocycles. The number of carbonyl (C=O) groups is 1. The van der Waals surface area contributed by atoms with Crippen LogP contribution < -0.4 is 5.32 Å². The third-order valence-corrected chi connectivity index (χ3v) is 5.06. The summed E-state index contributed by atoms with van der Waals surface area (Å²) in [6, 6.07) is 18.3. The van der Waals surface area contributed by atoms with E-state index in [9.17, 15) is 4.79 Å². The van der Waals surface area contributed by atoms with Gasteiger partial charge in [-0.2, -0.15) is 0 Å². The fourth-order valence-corrected chi connectivity index (χ4v) is 3.71. The van der Waals surface area contributed by atoms with Crippen molar-refractivity contribution >= 4 is 5.91 Å². The van der Waals surface area contributed by atoms with Crippen LogP contribution in [0.5, 0.6) is 0 Å². The topological polar surface area (TPSA) is 29.1 Å². The lowest BCUT2D eigenvalue weighted by molar-refractivity contribution is -0.127. The molecule has 0 unspecified atom stereocenters. The van der Waals surface area contributed by atoms with E-state index in [0.717, 1.165) is 36.8 Å². The Bertz CT molecular complexity index is 776. The minimum Gasteiger partial charge on any atom is -0.344 e. The Morgan fingerprint density at radius 2 is 1.80 bits per heavy atom. The first-order valence-corrected chi connectivity index (χ1v) is 9.10. The first-order chi connectivity index (χ1) is 12.2. The summed E-state index contributed by atoms with van der Waals surface area (Å²) in [6.07, 6.45) is 5.28. The molecule has 1 fully saturated rings. The number of amides is 1. The quantitative estimate of drug-likeness (QED) is 0.832. The van der Waals surface area contributed by atoms with E-state index in [-0.39, 0.29) is 5.91 Å². The number of nitrogens with one attached hydrogen (secondary N) is 1. The van der Waals surface area contributed by atoms with Gasteiger partial charge in [0.15, 0.2) is 0 Å². The van der Waals surface area contributed by atoms with Crippen molar-refractivity contribution in [2.45, 2.75) is 44.4 Å². The van der Waals surface area contributed by atoms with Gasteiger partial charge in [0.25, 0.3) is 0 Å². The van der Waals surface area contributed by atoms with Gasteiger partial charge in [0.1, 0.15) is 0 Å². The van der Waals surface area contributed by atoms with Crippen LogP contribution in [0.3, 0.4) is 0 Å². The molecule has 25 heavy (non-hydrogen) atoms. The van der Waals surface area contributed by atoms with Crippen molar-refractivity contribution < 1.29 is 4.79 Å². The predicted molar refractivity (Wildman–Crippen MR) is 102 cm³/mol. The molecule has 2 heteroatoms.